The molecular weight excluding hydrogens is 278 g/mol. The van der Waals surface area contributed by atoms with E-state index in [9.17, 15) is 0 Å². The van der Waals surface area contributed by atoms with Gasteiger partial charge < -0.3 is 29.0 Å². The maximum Gasteiger partial charge on any atom is 0.0701 e. The van der Waals surface area contributed by atoms with Gasteiger partial charge in [0.2, 0.25) is 0 Å². The van der Waals surface area contributed by atoms with Gasteiger partial charge in [-0.2, -0.15) is 0 Å². The number of rotatable bonds is 18. The summed E-state index contributed by atoms with van der Waals surface area (Å²) in [6.45, 7) is 7.41. The van der Waals surface area contributed by atoms with E-state index >= 15 is 0 Å². The maximum atomic E-state index is 5.36. The van der Waals surface area contributed by atoms with E-state index in [2.05, 4.69) is 10.7 Å². The molecule has 4 N–H and O–H groups in total. The van der Waals surface area contributed by atoms with Gasteiger partial charge in [0, 0.05) is 13.1 Å². The highest BCUT2D eigenvalue weighted by Gasteiger charge is 1.93. The van der Waals surface area contributed by atoms with Crippen LogP contribution in [0.5, 0.6) is 0 Å². The highest BCUT2D eigenvalue weighted by Crippen LogP contribution is 1.83. The zero-order valence-corrected chi connectivity index (χ0v) is 13.1. The monoisotopic (exact) mass is 309 g/mol. The van der Waals surface area contributed by atoms with Crippen molar-refractivity contribution < 1.29 is 23.7 Å². The molecule has 0 spiro atoms. The fourth-order valence-electron chi connectivity index (χ4n) is 1.29. The first-order chi connectivity index (χ1) is 10.4. The third kappa shape index (κ3) is 19.7. The Balaban J connectivity index is 2.90. The van der Waals surface area contributed by atoms with Crippen LogP contribution in [0, 0.1) is 0 Å². The van der Waals surface area contributed by atoms with Crippen molar-refractivity contribution in [2.45, 2.75) is 0 Å². The molecule has 0 amide bonds. The Bertz CT molecular complexity index is 171. The van der Waals surface area contributed by atoms with E-state index < -0.39 is 0 Å². The van der Waals surface area contributed by atoms with E-state index in [-0.39, 0.29) is 0 Å². The van der Waals surface area contributed by atoms with Crippen molar-refractivity contribution in [2.75, 3.05) is 86.2 Å². The van der Waals surface area contributed by atoms with Gasteiger partial charge in [-0.05, 0) is 7.05 Å². The summed E-state index contributed by atoms with van der Waals surface area (Å²) >= 11 is 0. The third-order valence-corrected chi connectivity index (χ3v) is 2.38. The summed E-state index contributed by atoms with van der Waals surface area (Å²) in [5, 5.41) is 3.01. The standard InChI is InChI=1S/C13H31N3O5/c1-15-2-4-17-6-8-19-10-12-21-13-11-20-9-7-18-5-3-16-14/h15-16H,2-14H2,1H3. The summed E-state index contributed by atoms with van der Waals surface area (Å²) in [7, 11) is 1.90. The Morgan fingerprint density at radius 3 is 1.24 bits per heavy atom. The molecule has 128 valence electrons. The van der Waals surface area contributed by atoms with Crippen LogP contribution in [-0.4, -0.2) is 86.2 Å². The van der Waals surface area contributed by atoms with Gasteiger partial charge in [0.15, 0.2) is 0 Å². The summed E-state index contributed by atoms with van der Waals surface area (Å²) in [5.41, 5.74) is 2.51. The lowest BCUT2D eigenvalue weighted by molar-refractivity contribution is -0.0105. The molecule has 0 atom stereocenters. The predicted octanol–water partition coefficient (Wildman–Crippen LogP) is -1.25. The first kappa shape index (κ1) is 20.7. The van der Waals surface area contributed by atoms with E-state index in [4.69, 9.17) is 29.5 Å². The third-order valence-electron chi connectivity index (χ3n) is 2.38. The molecule has 0 aliphatic heterocycles. The molecule has 0 aliphatic carbocycles. The van der Waals surface area contributed by atoms with Crippen LogP contribution in [0.25, 0.3) is 0 Å². The second-order valence-corrected chi connectivity index (χ2v) is 4.12. The number of hydrogen-bond donors (Lipinski definition) is 3. The summed E-state index contributed by atoms with van der Waals surface area (Å²) in [6.07, 6.45) is 0. The lowest BCUT2D eigenvalue weighted by Gasteiger charge is -2.07. The summed E-state index contributed by atoms with van der Waals surface area (Å²) in [6, 6.07) is 0. The van der Waals surface area contributed by atoms with Gasteiger partial charge in [0.25, 0.3) is 0 Å². The van der Waals surface area contributed by atoms with Crippen LogP contribution >= 0.6 is 0 Å². The Hall–Kier alpha value is -0.320. The van der Waals surface area contributed by atoms with Crippen LogP contribution in [0.15, 0.2) is 0 Å². The van der Waals surface area contributed by atoms with Crippen molar-refractivity contribution in [3.63, 3.8) is 0 Å². The Labute approximate surface area is 127 Å². The van der Waals surface area contributed by atoms with Crippen molar-refractivity contribution in [2.24, 2.45) is 5.84 Å². The van der Waals surface area contributed by atoms with Gasteiger partial charge in [0.05, 0.1) is 66.1 Å². The molecule has 0 saturated heterocycles. The minimum Gasteiger partial charge on any atom is -0.378 e. The average molecular weight is 309 g/mol. The molecule has 0 fully saturated rings. The first-order valence-electron chi connectivity index (χ1n) is 7.38. The lowest BCUT2D eigenvalue weighted by Crippen LogP contribution is -2.26. The molecule has 0 aromatic rings. The largest absolute Gasteiger partial charge is 0.378 e. The van der Waals surface area contributed by atoms with Crippen molar-refractivity contribution in [1.29, 1.82) is 0 Å². The smallest absolute Gasteiger partial charge is 0.0701 e. The molecular formula is C13H31N3O5. The Morgan fingerprint density at radius 1 is 0.571 bits per heavy atom. The van der Waals surface area contributed by atoms with E-state index in [1.165, 1.54) is 0 Å². The molecule has 0 aliphatic rings. The normalized spacial score (nSPS) is 11.1. The van der Waals surface area contributed by atoms with Crippen LogP contribution in [0.4, 0.5) is 0 Å². The Kier molecular flexibility index (Phi) is 19.4. The van der Waals surface area contributed by atoms with Gasteiger partial charge in [0.1, 0.15) is 0 Å². The zero-order valence-electron chi connectivity index (χ0n) is 13.1. The van der Waals surface area contributed by atoms with Crippen molar-refractivity contribution in [3.05, 3.63) is 0 Å². The number of hydrogen-bond acceptors (Lipinski definition) is 8. The molecule has 0 aromatic heterocycles. The predicted molar refractivity (Wildman–Crippen MR) is 80.2 cm³/mol. The lowest BCUT2D eigenvalue weighted by atomic mass is 10.6. The fraction of sp³-hybridized carbons (Fsp3) is 1.00. The van der Waals surface area contributed by atoms with Gasteiger partial charge in [-0.3, -0.25) is 11.3 Å². The van der Waals surface area contributed by atoms with E-state index in [0.717, 1.165) is 6.54 Å². The van der Waals surface area contributed by atoms with Crippen molar-refractivity contribution >= 4 is 0 Å². The van der Waals surface area contributed by atoms with Crippen LogP contribution in [-0.2, 0) is 23.7 Å². The highest BCUT2D eigenvalue weighted by molar-refractivity contribution is 4.38. The average Bonchev–Trinajstić information content (AvgIpc) is 2.50. The molecule has 0 bridgehead atoms. The number of nitrogens with one attached hydrogen (secondary N) is 2. The first-order valence-corrected chi connectivity index (χ1v) is 7.38. The van der Waals surface area contributed by atoms with Crippen molar-refractivity contribution in [3.8, 4) is 0 Å². The molecule has 0 heterocycles. The molecule has 0 aromatic carbocycles. The van der Waals surface area contributed by atoms with E-state index in [1.807, 2.05) is 7.05 Å². The van der Waals surface area contributed by atoms with Crippen LogP contribution in [0.1, 0.15) is 0 Å². The van der Waals surface area contributed by atoms with Gasteiger partial charge in [-0.25, -0.2) is 0 Å². The van der Waals surface area contributed by atoms with Crippen LogP contribution in [0.3, 0.4) is 0 Å². The molecule has 0 saturated carbocycles. The Morgan fingerprint density at radius 2 is 0.905 bits per heavy atom. The highest BCUT2D eigenvalue weighted by atomic mass is 16.6. The minimum absolute atomic E-state index is 0.561. The summed E-state index contributed by atoms with van der Waals surface area (Å²) in [4.78, 5) is 0. The summed E-state index contributed by atoms with van der Waals surface area (Å²) in [5.74, 6) is 5.10. The molecule has 0 radical (unpaired) electrons. The number of likely N-dealkylation sites (N-methyl/N-ethyl adjacent to an activating group) is 1. The van der Waals surface area contributed by atoms with Gasteiger partial charge in [-0.15, -0.1) is 0 Å². The van der Waals surface area contributed by atoms with E-state index in [1.54, 1.807) is 0 Å². The second kappa shape index (κ2) is 19.7. The maximum absolute atomic E-state index is 5.36. The minimum atomic E-state index is 0.561. The van der Waals surface area contributed by atoms with Crippen molar-refractivity contribution in [1.82, 2.24) is 10.7 Å². The molecule has 21 heavy (non-hydrogen) atoms. The van der Waals surface area contributed by atoms with Crippen LogP contribution in [0.2, 0.25) is 0 Å². The number of ether oxygens (including phenoxy) is 5. The molecule has 8 nitrogen and oxygen atoms in total. The van der Waals surface area contributed by atoms with E-state index in [0.29, 0.717) is 72.6 Å². The number of hydrazine groups is 1. The van der Waals surface area contributed by atoms with Gasteiger partial charge >= 0.3 is 0 Å². The molecule has 0 rings (SSSR count). The molecule has 8 heteroatoms. The van der Waals surface area contributed by atoms with Crippen LogP contribution < -0.4 is 16.6 Å². The van der Waals surface area contributed by atoms with Gasteiger partial charge in [-0.1, -0.05) is 0 Å². The molecule has 0 unspecified atom stereocenters. The second-order valence-electron chi connectivity index (χ2n) is 4.12. The number of nitrogens with two attached hydrogens (primary N) is 1. The zero-order chi connectivity index (χ0) is 15.4. The quantitative estimate of drug-likeness (QED) is 0.164. The summed E-state index contributed by atoms with van der Waals surface area (Å²) < 4.78 is 26.6. The SMILES string of the molecule is CNCCOCCOCCOCCOCCOCCNN. The fourth-order valence-corrected chi connectivity index (χ4v) is 1.29. The topological polar surface area (TPSA) is 96.2 Å².